The fourth-order valence-corrected chi connectivity index (χ4v) is 4.62. The summed E-state index contributed by atoms with van der Waals surface area (Å²) < 4.78 is 41.7. The first-order valence-electron chi connectivity index (χ1n) is 10.8. The van der Waals surface area contributed by atoms with Crippen LogP contribution in [0, 0.1) is 0 Å². The van der Waals surface area contributed by atoms with Gasteiger partial charge in [0.25, 0.3) is 0 Å². The molecule has 2 atom stereocenters. The molecule has 0 bridgehead atoms. The van der Waals surface area contributed by atoms with Crippen LogP contribution in [0.3, 0.4) is 0 Å². The molecule has 0 spiro atoms. The van der Waals surface area contributed by atoms with E-state index in [2.05, 4.69) is 23.6 Å². The van der Waals surface area contributed by atoms with Crippen molar-refractivity contribution in [1.82, 2.24) is 9.55 Å². The highest BCUT2D eigenvalue weighted by Crippen LogP contribution is 2.38. The molecule has 33 heavy (non-hydrogen) atoms. The van der Waals surface area contributed by atoms with Crippen LogP contribution in [0.5, 0.6) is 0 Å². The van der Waals surface area contributed by atoms with Gasteiger partial charge in [0.2, 0.25) is 5.91 Å². The standard InChI is InChI=1S/C26H22F3N3O/c1-17(18-8-3-2-4-9-18)32-23-13-6-5-12-22(23)30-25(32)19-14-24(33)31(16-19)21-11-7-10-20(15-21)26(27,28)29/h2-13,15,17,19H,14,16H2,1H3/t17-,19+/m1/s1. The van der Waals surface area contributed by atoms with E-state index in [1.54, 1.807) is 6.07 Å². The highest BCUT2D eigenvalue weighted by Gasteiger charge is 2.37. The average molecular weight is 449 g/mol. The Morgan fingerprint density at radius 2 is 1.70 bits per heavy atom. The Hall–Kier alpha value is -3.61. The van der Waals surface area contributed by atoms with Crippen molar-refractivity contribution in [3.63, 3.8) is 0 Å². The lowest BCUT2D eigenvalue weighted by Crippen LogP contribution is -2.25. The molecule has 7 heteroatoms. The number of hydrogen-bond acceptors (Lipinski definition) is 2. The van der Waals surface area contributed by atoms with Crippen LogP contribution in [0.2, 0.25) is 0 Å². The molecule has 1 fully saturated rings. The van der Waals surface area contributed by atoms with Gasteiger partial charge in [-0.2, -0.15) is 13.2 Å². The fourth-order valence-electron chi connectivity index (χ4n) is 4.62. The largest absolute Gasteiger partial charge is 0.416 e. The minimum absolute atomic E-state index is 0.0219. The maximum absolute atomic E-state index is 13.2. The molecule has 4 aromatic rings. The zero-order chi connectivity index (χ0) is 23.2. The summed E-state index contributed by atoms with van der Waals surface area (Å²) in [7, 11) is 0. The van der Waals surface area contributed by atoms with Gasteiger partial charge in [-0.1, -0.05) is 48.5 Å². The van der Waals surface area contributed by atoms with Gasteiger partial charge in [0.15, 0.2) is 0 Å². The lowest BCUT2D eigenvalue weighted by atomic mass is 10.0. The van der Waals surface area contributed by atoms with E-state index < -0.39 is 11.7 Å². The molecule has 0 aliphatic carbocycles. The van der Waals surface area contributed by atoms with E-state index in [9.17, 15) is 18.0 Å². The third-order valence-electron chi connectivity index (χ3n) is 6.27. The first-order chi connectivity index (χ1) is 15.8. The summed E-state index contributed by atoms with van der Waals surface area (Å²) in [5.74, 6) is 0.339. The lowest BCUT2D eigenvalue weighted by Gasteiger charge is -2.21. The molecule has 0 unspecified atom stereocenters. The van der Waals surface area contributed by atoms with Crippen LogP contribution in [-0.4, -0.2) is 22.0 Å². The number of carbonyl (C=O) groups is 1. The quantitative estimate of drug-likeness (QED) is 0.373. The third kappa shape index (κ3) is 3.88. The molecular formula is C26H22F3N3O. The molecule has 0 N–H and O–H groups in total. The number of nitrogens with zero attached hydrogens (tertiary/aromatic N) is 3. The number of amides is 1. The molecular weight excluding hydrogens is 427 g/mol. The van der Waals surface area contributed by atoms with Crippen LogP contribution in [0.4, 0.5) is 18.9 Å². The maximum atomic E-state index is 13.2. The summed E-state index contributed by atoms with van der Waals surface area (Å²) in [5.41, 5.74) is 2.41. The molecule has 1 aromatic heterocycles. The van der Waals surface area contributed by atoms with Crippen molar-refractivity contribution in [2.45, 2.75) is 31.5 Å². The Labute approximate surface area is 189 Å². The number of para-hydroxylation sites is 2. The monoisotopic (exact) mass is 449 g/mol. The van der Waals surface area contributed by atoms with E-state index in [1.807, 2.05) is 42.5 Å². The number of fused-ring (bicyclic) bond motifs is 1. The summed E-state index contributed by atoms with van der Waals surface area (Å²) in [5, 5.41) is 0. The normalized spacial score (nSPS) is 17.6. The first-order valence-corrected chi connectivity index (χ1v) is 10.8. The molecule has 1 amide bonds. The minimum atomic E-state index is -4.46. The molecule has 168 valence electrons. The number of aromatic nitrogens is 2. The first kappa shape index (κ1) is 21.2. The van der Waals surface area contributed by atoms with Crippen LogP contribution >= 0.6 is 0 Å². The highest BCUT2D eigenvalue weighted by atomic mass is 19.4. The maximum Gasteiger partial charge on any atom is 0.416 e. The zero-order valence-corrected chi connectivity index (χ0v) is 18.0. The van der Waals surface area contributed by atoms with E-state index in [4.69, 9.17) is 4.98 Å². The predicted molar refractivity (Wildman–Crippen MR) is 121 cm³/mol. The molecule has 3 aromatic carbocycles. The number of alkyl halides is 3. The van der Waals surface area contributed by atoms with Crippen molar-refractivity contribution in [2.24, 2.45) is 0 Å². The Morgan fingerprint density at radius 3 is 2.45 bits per heavy atom. The number of hydrogen-bond donors (Lipinski definition) is 0. The summed E-state index contributed by atoms with van der Waals surface area (Å²) in [6, 6.07) is 22.8. The van der Waals surface area contributed by atoms with Crippen LogP contribution in [0.25, 0.3) is 11.0 Å². The number of rotatable bonds is 4. The second-order valence-electron chi connectivity index (χ2n) is 8.37. The van der Waals surface area contributed by atoms with Gasteiger partial charge in [0, 0.05) is 24.6 Å². The number of anilines is 1. The summed E-state index contributed by atoms with van der Waals surface area (Å²) >= 11 is 0. The summed E-state index contributed by atoms with van der Waals surface area (Å²) in [6.07, 6.45) is -4.27. The Bertz CT molecular complexity index is 1310. The van der Waals surface area contributed by atoms with Crippen LogP contribution in [0.1, 0.15) is 42.3 Å². The van der Waals surface area contributed by atoms with Crippen LogP contribution in [0.15, 0.2) is 78.9 Å². The van der Waals surface area contributed by atoms with Gasteiger partial charge in [-0.3, -0.25) is 4.79 Å². The van der Waals surface area contributed by atoms with Gasteiger partial charge in [-0.25, -0.2) is 4.98 Å². The van der Waals surface area contributed by atoms with Gasteiger partial charge in [0.1, 0.15) is 5.82 Å². The predicted octanol–water partition coefficient (Wildman–Crippen LogP) is 6.18. The molecule has 0 saturated carbocycles. The molecule has 5 rings (SSSR count). The van der Waals surface area contributed by atoms with Gasteiger partial charge < -0.3 is 9.47 Å². The Morgan fingerprint density at radius 1 is 0.970 bits per heavy atom. The van der Waals surface area contributed by atoms with E-state index in [0.29, 0.717) is 0 Å². The summed E-state index contributed by atoms with van der Waals surface area (Å²) in [4.78, 5) is 19.2. The second kappa shape index (κ2) is 8.06. The molecule has 0 radical (unpaired) electrons. The van der Waals surface area contributed by atoms with Crippen molar-refractivity contribution < 1.29 is 18.0 Å². The van der Waals surface area contributed by atoms with Crippen molar-refractivity contribution in [1.29, 1.82) is 0 Å². The molecule has 1 aliphatic rings. The van der Waals surface area contributed by atoms with E-state index in [1.165, 1.54) is 11.0 Å². The Kier molecular flexibility index (Phi) is 5.19. The van der Waals surface area contributed by atoms with Crippen molar-refractivity contribution in [2.75, 3.05) is 11.4 Å². The molecule has 1 saturated heterocycles. The van der Waals surface area contributed by atoms with Gasteiger partial charge in [-0.15, -0.1) is 0 Å². The molecule has 4 nitrogen and oxygen atoms in total. The number of benzene rings is 3. The summed E-state index contributed by atoms with van der Waals surface area (Å²) in [6.45, 7) is 2.37. The lowest BCUT2D eigenvalue weighted by molar-refractivity contribution is -0.137. The van der Waals surface area contributed by atoms with E-state index in [-0.39, 0.29) is 36.5 Å². The second-order valence-corrected chi connectivity index (χ2v) is 8.37. The van der Waals surface area contributed by atoms with Crippen molar-refractivity contribution in [3.05, 3.63) is 95.8 Å². The third-order valence-corrected chi connectivity index (χ3v) is 6.27. The minimum Gasteiger partial charge on any atom is -0.320 e. The van der Waals surface area contributed by atoms with Crippen molar-refractivity contribution >= 4 is 22.6 Å². The van der Waals surface area contributed by atoms with Crippen molar-refractivity contribution in [3.8, 4) is 0 Å². The zero-order valence-electron chi connectivity index (χ0n) is 18.0. The SMILES string of the molecule is C[C@H](c1ccccc1)n1c([C@H]2CC(=O)N(c3cccc(C(F)(F)F)c3)C2)nc2ccccc21. The molecule has 2 heterocycles. The number of imidazole rings is 1. The van der Waals surface area contributed by atoms with Gasteiger partial charge >= 0.3 is 6.18 Å². The molecule has 1 aliphatic heterocycles. The van der Waals surface area contributed by atoms with E-state index in [0.717, 1.165) is 34.6 Å². The van der Waals surface area contributed by atoms with Gasteiger partial charge in [0.05, 0.1) is 22.6 Å². The Balaban J connectivity index is 1.54. The van der Waals surface area contributed by atoms with Crippen LogP contribution < -0.4 is 4.90 Å². The smallest absolute Gasteiger partial charge is 0.320 e. The number of halogens is 3. The fraction of sp³-hybridized carbons (Fsp3) is 0.231. The van der Waals surface area contributed by atoms with Gasteiger partial charge in [-0.05, 0) is 42.8 Å². The average Bonchev–Trinajstić information content (AvgIpc) is 3.39. The highest BCUT2D eigenvalue weighted by molar-refractivity contribution is 5.96. The van der Waals surface area contributed by atoms with Crippen LogP contribution in [-0.2, 0) is 11.0 Å². The number of carbonyl (C=O) groups excluding carboxylic acids is 1. The topological polar surface area (TPSA) is 38.1 Å². The van der Waals surface area contributed by atoms with E-state index >= 15 is 0 Å².